The number of ether oxygens (including phenoxy) is 2. The number of carbonyl (C=O) groups excluding carboxylic acids is 3. The Morgan fingerprint density at radius 3 is 2.65 bits per heavy atom. The van der Waals surface area contributed by atoms with Gasteiger partial charge in [0.05, 0.1) is 5.92 Å². The van der Waals surface area contributed by atoms with Crippen molar-refractivity contribution < 1.29 is 23.9 Å². The first kappa shape index (κ1) is 20.7. The Morgan fingerprint density at radius 2 is 1.87 bits per heavy atom. The van der Waals surface area contributed by atoms with E-state index < -0.39 is 5.92 Å². The summed E-state index contributed by atoms with van der Waals surface area (Å²) in [6.45, 7) is 2.81. The van der Waals surface area contributed by atoms with Crippen molar-refractivity contribution in [3.63, 3.8) is 0 Å². The Bertz CT molecular complexity index is 989. The summed E-state index contributed by atoms with van der Waals surface area (Å²) in [4.78, 5) is 38.4. The molecule has 0 bridgehead atoms. The summed E-state index contributed by atoms with van der Waals surface area (Å²) in [7, 11) is 0. The molecule has 2 heterocycles. The van der Waals surface area contributed by atoms with Crippen LogP contribution >= 0.6 is 0 Å². The molecule has 4 rings (SSSR count). The van der Waals surface area contributed by atoms with E-state index in [1.807, 2.05) is 31.2 Å². The molecule has 162 valence electrons. The van der Waals surface area contributed by atoms with Gasteiger partial charge >= 0.3 is 0 Å². The van der Waals surface area contributed by atoms with Crippen molar-refractivity contribution in [3.05, 3.63) is 48.0 Å². The average Bonchev–Trinajstić information content (AvgIpc) is 3.39. The molecule has 2 aromatic carbocycles. The molecule has 1 atom stereocenters. The third-order valence-electron chi connectivity index (χ3n) is 5.35. The smallest absolute Gasteiger partial charge is 0.231 e. The highest BCUT2D eigenvalue weighted by molar-refractivity contribution is 6.00. The van der Waals surface area contributed by atoms with Gasteiger partial charge in [-0.1, -0.05) is 19.1 Å². The number of amides is 3. The van der Waals surface area contributed by atoms with Gasteiger partial charge in [-0.2, -0.15) is 0 Å². The van der Waals surface area contributed by atoms with Gasteiger partial charge in [0.15, 0.2) is 11.5 Å². The second kappa shape index (κ2) is 9.07. The van der Waals surface area contributed by atoms with Crippen LogP contribution in [0.25, 0.3) is 0 Å². The SMILES string of the molecule is CCCC(=O)Nc1ccc(CNC(=O)C2CC(=O)N(c3ccc4c(c3)OCO4)C2)cc1. The molecule has 1 unspecified atom stereocenters. The zero-order valence-corrected chi connectivity index (χ0v) is 17.3. The molecule has 0 saturated carbocycles. The number of nitrogens with zero attached hydrogens (tertiary/aromatic N) is 1. The largest absolute Gasteiger partial charge is 0.454 e. The zero-order chi connectivity index (χ0) is 21.8. The number of carbonyl (C=O) groups is 3. The van der Waals surface area contributed by atoms with Gasteiger partial charge in [0, 0.05) is 43.4 Å². The van der Waals surface area contributed by atoms with Gasteiger partial charge < -0.3 is 25.0 Å². The highest BCUT2D eigenvalue weighted by atomic mass is 16.7. The molecule has 0 radical (unpaired) electrons. The lowest BCUT2D eigenvalue weighted by molar-refractivity contribution is -0.126. The van der Waals surface area contributed by atoms with E-state index in [4.69, 9.17) is 9.47 Å². The highest BCUT2D eigenvalue weighted by Crippen LogP contribution is 2.37. The van der Waals surface area contributed by atoms with Crippen LogP contribution in [0.4, 0.5) is 11.4 Å². The number of fused-ring (bicyclic) bond motifs is 1. The third kappa shape index (κ3) is 4.79. The Labute approximate surface area is 180 Å². The predicted molar refractivity (Wildman–Crippen MR) is 115 cm³/mol. The standard InChI is InChI=1S/C23H25N3O5/c1-2-3-21(27)25-17-6-4-15(5-7-17)12-24-23(29)16-10-22(28)26(13-16)18-8-9-19-20(11-18)31-14-30-19/h4-9,11,16H,2-3,10,12-14H2,1H3,(H,24,29)(H,25,27). The van der Waals surface area contributed by atoms with E-state index in [0.29, 0.717) is 36.7 Å². The van der Waals surface area contributed by atoms with Crippen molar-refractivity contribution >= 4 is 29.1 Å². The minimum Gasteiger partial charge on any atom is -0.454 e. The first-order chi connectivity index (χ1) is 15.0. The molecule has 1 fully saturated rings. The second-order valence-corrected chi connectivity index (χ2v) is 7.66. The minimum absolute atomic E-state index is 0.0125. The topological polar surface area (TPSA) is 97.0 Å². The average molecular weight is 423 g/mol. The molecule has 1 saturated heterocycles. The van der Waals surface area contributed by atoms with Crippen LogP contribution in [-0.4, -0.2) is 31.1 Å². The van der Waals surface area contributed by atoms with Gasteiger partial charge in [-0.3, -0.25) is 14.4 Å². The van der Waals surface area contributed by atoms with Gasteiger partial charge in [-0.05, 0) is 36.2 Å². The van der Waals surface area contributed by atoms with Crippen molar-refractivity contribution in [2.75, 3.05) is 23.6 Å². The van der Waals surface area contributed by atoms with Crippen molar-refractivity contribution in [2.45, 2.75) is 32.7 Å². The number of benzene rings is 2. The molecular formula is C23H25N3O5. The fourth-order valence-corrected chi connectivity index (χ4v) is 3.68. The molecule has 0 aliphatic carbocycles. The molecule has 2 N–H and O–H groups in total. The molecule has 3 amide bonds. The third-order valence-corrected chi connectivity index (χ3v) is 5.35. The molecule has 8 nitrogen and oxygen atoms in total. The molecule has 31 heavy (non-hydrogen) atoms. The normalized spacial score (nSPS) is 17.0. The number of nitrogens with one attached hydrogen (secondary N) is 2. The van der Waals surface area contributed by atoms with Crippen LogP contribution in [-0.2, 0) is 20.9 Å². The van der Waals surface area contributed by atoms with E-state index >= 15 is 0 Å². The lowest BCUT2D eigenvalue weighted by atomic mass is 10.1. The van der Waals surface area contributed by atoms with E-state index in [0.717, 1.165) is 17.7 Å². The Kier molecular flexibility index (Phi) is 6.06. The first-order valence-electron chi connectivity index (χ1n) is 10.4. The van der Waals surface area contributed by atoms with Crippen LogP contribution in [0.15, 0.2) is 42.5 Å². The van der Waals surface area contributed by atoms with Crippen molar-refractivity contribution in [3.8, 4) is 11.5 Å². The summed E-state index contributed by atoms with van der Waals surface area (Å²) >= 11 is 0. The van der Waals surface area contributed by atoms with E-state index in [1.54, 1.807) is 23.1 Å². The maximum atomic E-state index is 12.6. The number of hydrogen-bond acceptors (Lipinski definition) is 5. The maximum absolute atomic E-state index is 12.6. The van der Waals surface area contributed by atoms with E-state index in [2.05, 4.69) is 10.6 Å². The van der Waals surface area contributed by atoms with Gasteiger partial charge in [0.25, 0.3) is 0 Å². The van der Waals surface area contributed by atoms with Crippen molar-refractivity contribution in [1.29, 1.82) is 0 Å². The fraction of sp³-hybridized carbons (Fsp3) is 0.348. The van der Waals surface area contributed by atoms with Gasteiger partial charge in [0.1, 0.15) is 0 Å². The minimum atomic E-state index is -0.412. The van der Waals surface area contributed by atoms with Crippen molar-refractivity contribution in [1.82, 2.24) is 5.32 Å². The van der Waals surface area contributed by atoms with Crippen LogP contribution in [0.3, 0.4) is 0 Å². The van der Waals surface area contributed by atoms with Crippen LogP contribution in [0.2, 0.25) is 0 Å². The summed E-state index contributed by atoms with van der Waals surface area (Å²) in [5.41, 5.74) is 2.35. The Hall–Kier alpha value is -3.55. The maximum Gasteiger partial charge on any atom is 0.231 e. The summed E-state index contributed by atoms with van der Waals surface area (Å²) in [6, 6.07) is 12.7. The van der Waals surface area contributed by atoms with E-state index in [9.17, 15) is 14.4 Å². The van der Waals surface area contributed by atoms with Crippen molar-refractivity contribution in [2.24, 2.45) is 5.92 Å². The van der Waals surface area contributed by atoms with Crippen LogP contribution in [0.5, 0.6) is 11.5 Å². The molecule has 0 aromatic heterocycles. The number of rotatable bonds is 7. The van der Waals surface area contributed by atoms with Crippen LogP contribution in [0, 0.1) is 5.92 Å². The summed E-state index contributed by atoms with van der Waals surface area (Å²) in [6.07, 6.45) is 1.45. The quantitative estimate of drug-likeness (QED) is 0.714. The highest BCUT2D eigenvalue weighted by Gasteiger charge is 2.35. The second-order valence-electron chi connectivity index (χ2n) is 7.66. The van der Waals surface area contributed by atoms with E-state index in [-0.39, 0.29) is 30.9 Å². The molecule has 8 heteroatoms. The Morgan fingerprint density at radius 1 is 1.10 bits per heavy atom. The van der Waals surface area contributed by atoms with Gasteiger partial charge in [-0.25, -0.2) is 0 Å². The summed E-state index contributed by atoms with van der Waals surface area (Å²) < 4.78 is 10.7. The lowest BCUT2D eigenvalue weighted by Crippen LogP contribution is -2.32. The van der Waals surface area contributed by atoms with Gasteiger partial charge in [0.2, 0.25) is 24.5 Å². The predicted octanol–water partition coefficient (Wildman–Crippen LogP) is 2.82. The lowest BCUT2D eigenvalue weighted by Gasteiger charge is -2.17. The summed E-state index contributed by atoms with van der Waals surface area (Å²) in [5, 5.41) is 5.74. The molecule has 2 aliphatic heterocycles. The zero-order valence-electron chi connectivity index (χ0n) is 17.3. The number of anilines is 2. The molecular weight excluding hydrogens is 398 g/mol. The molecule has 0 spiro atoms. The number of hydrogen-bond donors (Lipinski definition) is 2. The molecule has 2 aromatic rings. The monoisotopic (exact) mass is 423 g/mol. The first-order valence-corrected chi connectivity index (χ1v) is 10.4. The van der Waals surface area contributed by atoms with Crippen LogP contribution in [0.1, 0.15) is 31.7 Å². The van der Waals surface area contributed by atoms with Gasteiger partial charge in [-0.15, -0.1) is 0 Å². The van der Waals surface area contributed by atoms with E-state index in [1.165, 1.54) is 0 Å². The Balaban J connectivity index is 1.30. The van der Waals surface area contributed by atoms with Crippen LogP contribution < -0.4 is 25.0 Å². The fourth-order valence-electron chi connectivity index (χ4n) is 3.68. The summed E-state index contributed by atoms with van der Waals surface area (Å²) in [5.74, 6) is 0.586. The molecule has 2 aliphatic rings.